The van der Waals surface area contributed by atoms with Crippen molar-refractivity contribution in [2.75, 3.05) is 7.05 Å². The van der Waals surface area contributed by atoms with Gasteiger partial charge in [-0.15, -0.1) is 0 Å². The third-order valence-electron chi connectivity index (χ3n) is 3.21. The molecule has 3 nitrogen and oxygen atoms in total. The van der Waals surface area contributed by atoms with Crippen molar-refractivity contribution in [1.82, 2.24) is 15.1 Å². The highest BCUT2D eigenvalue weighted by molar-refractivity contribution is 5.22. The van der Waals surface area contributed by atoms with Crippen LogP contribution in [0.3, 0.4) is 0 Å². The summed E-state index contributed by atoms with van der Waals surface area (Å²) in [5.74, 6) is -1.58. The number of hydrogen-bond donors (Lipinski definition) is 1. The summed E-state index contributed by atoms with van der Waals surface area (Å²) < 4.78 is 28.8. The first-order chi connectivity index (χ1) is 9.17. The van der Waals surface area contributed by atoms with Crippen LogP contribution in [-0.2, 0) is 13.0 Å². The number of aromatic nitrogens is 2. The summed E-state index contributed by atoms with van der Waals surface area (Å²) in [6.45, 7) is 2.73. The molecule has 0 amide bonds. The smallest absolute Gasteiger partial charge is 0.162 e. The Morgan fingerprint density at radius 2 is 2.11 bits per heavy atom. The number of rotatable bonds is 5. The second kappa shape index (κ2) is 5.93. The fraction of sp³-hybridized carbons (Fsp3) is 0.357. The van der Waals surface area contributed by atoms with Crippen LogP contribution >= 0.6 is 0 Å². The Balaban J connectivity index is 2.27. The van der Waals surface area contributed by atoms with E-state index in [4.69, 9.17) is 0 Å². The van der Waals surface area contributed by atoms with Crippen LogP contribution in [-0.4, -0.2) is 16.8 Å². The molecular formula is C14H17F2N3. The molecule has 2 aromatic rings. The zero-order valence-electron chi connectivity index (χ0n) is 11.0. The lowest BCUT2D eigenvalue weighted by Gasteiger charge is -2.18. The fourth-order valence-electron chi connectivity index (χ4n) is 2.18. The van der Waals surface area contributed by atoms with Gasteiger partial charge in [-0.1, -0.05) is 12.1 Å². The zero-order chi connectivity index (χ0) is 13.8. The first-order valence-electron chi connectivity index (χ1n) is 6.29. The van der Waals surface area contributed by atoms with E-state index in [-0.39, 0.29) is 6.04 Å². The van der Waals surface area contributed by atoms with E-state index in [1.54, 1.807) is 19.3 Å². The Bertz CT molecular complexity index is 551. The lowest BCUT2D eigenvalue weighted by Crippen LogP contribution is -2.23. The van der Waals surface area contributed by atoms with Crippen LogP contribution in [0.4, 0.5) is 8.78 Å². The predicted molar refractivity (Wildman–Crippen MR) is 69.8 cm³/mol. The standard InChI is InChI=1S/C14H17F2N3/c1-3-19-13(7-8-18-19)12(17-2)9-10-5-4-6-11(15)14(10)16/h4-8,12,17H,3,9H2,1-2H3. The number of hydrogen-bond acceptors (Lipinski definition) is 2. The molecule has 1 aromatic carbocycles. The number of nitrogens with one attached hydrogen (secondary N) is 1. The Labute approximate surface area is 111 Å². The van der Waals surface area contributed by atoms with E-state index in [1.807, 2.05) is 17.7 Å². The summed E-state index contributed by atoms with van der Waals surface area (Å²) in [5.41, 5.74) is 1.33. The third kappa shape index (κ3) is 2.81. The fourth-order valence-corrected chi connectivity index (χ4v) is 2.18. The van der Waals surface area contributed by atoms with Crippen molar-refractivity contribution in [2.45, 2.75) is 25.9 Å². The minimum atomic E-state index is -0.809. The van der Waals surface area contributed by atoms with E-state index in [1.165, 1.54) is 6.07 Å². The summed E-state index contributed by atoms with van der Waals surface area (Å²) in [5, 5.41) is 7.32. The summed E-state index contributed by atoms with van der Waals surface area (Å²) in [4.78, 5) is 0. The summed E-state index contributed by atoms with van der Waals surface area (Å²) in [6.07, 6.45) is 2.09. The molecule has 0 saturated heterocycles. The number of likely N-dealkylation sites (N-methyl/N-ethyl adjacent to an activating group) is 1. The van der Waals surface area contributed by atoms with Crippen LogP contribution in [0, 0.1) is 11.6 Å². The molecule has 0 radical (unpaired) electrons. The van der Waals surface area contributed by atoms with E-state index in [0.717, 1.165) is 18.3 Å². The van der Waals surface area contributed by atoms with E-state index >= 15 is 0 Å². The van der Waals surface area contributed by atoms with Crippen molar-refractivity contribution in [3.63, 3.8) is 0 Å². The van der Waals surface area contributed by atoms with Gasteiger partial charge in [0.15, 0.2) is 11.6 Å². The van der Waals surface area contributed by atoms with E-state index < -0.39 is 11.6 Å². The minimum absolute atomic E-state index is 0.0984. The van der Waals surface area contributed by atoms with Gasteiger partial charge in [-0.25, -0.2) is 8.78 Å². The first kappa shape index (κ1) is 13.7. The average Bonchev–Trinajstić information content (AvgIpc) is 2.88. The van der Waals surface area contributed by atoms with Crippen LogP contribution in [0.2, 0.25) is 0 Å². The minimum Gasteiger partial charge on any atom is -0.311 e. The number of aryl methyl sites for hydroxylation is 1. The molecule has 1 heterocycles. The normalized spacial score (nSPS) is 12.6. The number of nitrogens with zero attached hydrogens (tertiary/aromatic N) is 2. The monoisotopic (exact) mass is 265 g/mol. The molecule has 0 aliphatic carbocycles. The van der Waals surface area contributed by atoms with Crippen molar-refractivity contribution >= 4 is 0 Å². The van der Waals surface area contributed by atoms with Gasteiger partial charge in [-0.2, -0.15) is 5.10 Å². The second-order valence-corrected chi connectivity index (χ2v) is 4.33. The molecule has 19 heavy (non-hydrogen) atoms. The van der Waals surface area contributed by atoms with E-state index in [0.29, 0.717) is 12.0 Å². The SMILES string of the molecule is CCn1nccc1C(Cc1cccc(F)c1F)NC. The van der Waals surface area contributed by atoms with E-state index in [2.05, 4.69) is 10.4 Å². The van der Waals surface area contributed by atoms with Gasteiger partial charge in [0.05, 0.1) is 11.7 Å². The predicted octanol–water partition coefficient (Wildman–Crippen LogP) is 2.68. The van der Waals surface area contributed by atoms with Crippen LogP contribution in [0.25, 0.3) is 0 Å². The molecule has 0 aliphatic heterocycles. The average molecular weight is 265 g/mol. The molecule has 5 heteroatoms. The maximum absolute atomic E-state index is 13.7. The van der Waals surface area contributed by atoms with Crippen molar-refractivity contribution in [3.05, 3.63) is 53.4 Å². The van der Waals surface area contributed by atoms with Gasteiger partial charge in [0.2, 0.25) is 0 Å². The molecule has 2 rings (SSSR count). The second-order valence-electron chi connectivity index (χ2n) is 4.33. The van der Waals surface area contributed by atoms with Gasteiger partial charge < -0.3 is 5.32 Å². The van der Waals surface area contributed by atoms with Crippen LogP contribution in [0.1, 0.15) is 24.2 Å². The van der Waals surface area contributed by atoms with Crippen LogP contribution < -0.4 is 5.32 Å². The highest BCUT2D eigenvalue weighted by Crippen LogP contribution is 2.21. The maximum atomic E-state index is 13.7. The summed E-state index contributed by atoms with van der Waals surface area (Å²) >= 11 is 0. The lowest BCUT2D eigenvalue weighted by atomic mass is 10.0. The Kier molecular flexibility index (Phi) is 4.27. The molecule has 1 aromatic heterocycles. The summed E-state index contributed by atoms with van der Waals surface area (Å²) in [7, 11) is 1.80. The number of benzene rings is 1. The molecule has 0 saturated carbocycles. The van der Waals surface area contributed by atoms with Gasteiger partial charge >= 0.3 is 0 Å². The Morgan fingerprint density at radius 1 is 1.32 bits per heavy atom. The first-order valence-corrected chi connectivity index (χ1v) is 6.29. The topological polar surface area (TPSA) is 29.9 Å². The molecule has 0 bridgehead atoms. The molecule has 0 spiro atoms. The van der Waals surface area contributed by atoms with Crippen molar-refractivity contribution in [1.29, 1.82) is 0 Å². The quantitative estimate of drug-likeness (QED) is 0.900. The van der Waals surface area contributed by atoms with Crippen molar-refractivity contribution < 1.29 is 8.78 Å². The van der Waals surface area contributed by atoms with Gasteiger partial charge in [-0.3, -0.25) is 4.68 Å². The van der Waals surface area contributed by atoms with Gasteiger partial charge in [-0.05, 0) is 38.1 Å². The van der Waals surface area contributed by atoms with Crippen molar-refractivity contribution in [3.8, 4) is 0 Å². The molecule has 1 atom stereocenters. The Morgan fingerprint density at radius 3 is 2.79 bits per heavy atom. The molecular weight excluding hydrogens is 248 g/mol. The lowest BCUT2D eigenvalue weighted by molar-refractivity contribution is 0.474. The van der Waals surface area contributed by atoms with Gasteiger partial charge in [0.1, 0.15) is 0 Å². The molecule has 1 unspecified atom stereocenters. The van der Waals surface area contributed by atoms with Gasteiger partial charge in [0.25, 0.3) is 0 Å². The van der Waals surface area contributed by atoms with Gasteiger partial charge in [0, 0.05) is 12.7 Å². The maximum Gasteiger partial charge on any atom is 0.162 e. The Hall–Kier alpha value is -1.75. The van der Waals surface area contributed by atoms with Crippen LogP contribution in [0.5, 0.6) is 0 Å². The third-order valence-corrected chi connectivity index (χ3v) is 3.21. The highest BCUT2D eigenvalue weighted by atomic mass is 19.2. The van der Waals surface area contributed by atoms with Crippen LogP contribution in [0.15, 0.2) is 30.5 Å². The summed E-state index contributed by atoms with van der Waals surface area (Å²) in [6, 6.07) is 6.05. The largest absolute Gasteiger partial charge is 0.311 e. The van der Waals surface area contributed by atoms with Crippen molar-refractivity contribution in [2.24, 2.45) is 0 Å². The molecule has 0 aliphatic rings. The molecule has 102 valence electrons. The molecule has 1 N–H and O–H groups in total. The van der Waals surface area contributed by atoms with E-state index in [9.17, 15) is 8.78 Å². The highest BCUT2D eigenvalue weighted by Gasteiger charge is 2.17. The zero-order valence-corrected chi connectivity index (χ0v) is 11.0. The molecule has 0 fully saturated rings. The number of halogens is 2.